The van der Waals surface area contributed by atoms with E-state index in [1.807, 2.05) is 20.8 Å². The number of nitrogens with zero attached hydrogens (tertiary/aromatic N) is 1. The van der Waals surface area contributed by atoms with Gasteiger partial charge in [-0.25, -0.2) is 4.39 Å². The molecule has 3 saturated carbocycles. The van der Waals surface area contributed by atoms with Crippen molar-refractivity contribution in [1.82, 2.24) is 15.5 Å². The van der Waals surface area contributed by atoms with Gasteiger partial charge in [0.15, 0.2) is 5.78 Å². The summed E-state index contributed by atoms with van der Waals surface area (Å²) >= 11 is 0. The number of hydrogen-bond acceptors (Lipinski definition) is 4. The Morgan fingerprint density at radius 1 is 0.976 bits per heavy atom. The molecule has 0 spiro atoms. The highest BCUT2D eigenvalue weighted by molar-refractivity contribution is 5.92. The number of nitrogens with one attached hydrogen (secondary N) is 2. The van der Waals surface area contributed by atoms with Crippen LogP contribution < -0.4 is 10.6 Å². The number of halogens is 1. The third-order valence-corrected chi connectivity index (χ3v) is 11.0. The van der Waals surface area contributed by atoms with Gasteiger partial charge in [-0.1, -0.05) is 31.4 Å². The van der Waals surface area contributed by atoms with Crippen LogP contribution in [-0.4, -0.2) is 53.7 Å². The smallest absolute Gasteiger partial charge is 0.226 e. The lowest BCUT2D eigenvalue weighted by Crippen LogP contribution is -2.58. The maximum absolute atomic E-state index is 14.2. The molecule has 5 fully saturated rings. The Kier molecular flexibility index (Phi) is 9.46. The van der Waals surface area contributed by atoms with Crippen molar-refractivity contribution in [1.29, 1.82) is 0 Å². The average molecular weight is 582 g/mol. The predicted octanol–water partition coefficient (Wildman–Crippen LogP) is 5.82. The number of rotatable bonds is 8. The SMILES string of the molecule is CN1C[C@@H]2CC[C@H]1C(C(=O)N[C@H](Cc1ccc(F)cc1)C(=O)C1CCC(C(=O)NC(C)(C)C)(C3CCCCC3)CC1)C2. The van der Waals surface area contributed by atoms with Crippen molar-refractivity contribution in [3.63, 3.8) is 0 Å². The average Bonchev–Trinajstić information content (AvgIpc) is 2.97. The molecule has 2 bridgehead atoms. The van der Waals surface area contributed by atoms with E-state index in [1.54, 1.807) is 12.1 Å². The Morgan fingerprint density at radius 3 is 2.24 bits per heavy atom. The molecule has 1 aromatic rings. The first-order valence-electron chi connectivity index (χ1n) is 16.6. The van der Waals surface area contributed by atoms with Crippen LogP contribution in [0.25, 0.3) is 0 Å². The second-order valence-corrected chi connectivity index (χ2v) is 15.1. The fourth-order valence-electron chi connectivity index (χ4n) is 8.76. The van der Waals surface area contributed by atoms with E-state index in [0.29, 0.717) is 43.9 Å². The van der Waals surface area contributed by atoms with Crippen molar-refractivity contribution in [2.45, 2.75) is 122 Å². The summed E-state index contributed by atoms with van der Waals surface area (Å²) in [6.07, 6.45) is 11.9. The largest absolute Gasteiger partial charge is 0.351 e. The molecular weight excluding hydrogens is 529 g/mol. The van der Waals surface area contributed by atoms with Gasteiger partial charge in [0.05, 0.1) is 17.4 Å². The van der Waals surface area contributed by atoms with E-state index in [4.69, 9.17) is 0 Å². The third kappa shape index (κ3) is 6.92. The zero-order valence-corrected chi connectivity index (χ0v) is 26.2. The van der Waals surface area contributed by atoms with E-state index in [-0.39, 0.29) is 46.8 Å². The summed E-state index contributed by atoms with van der Waals surface area (Å²) in [4.78, 5) is 44.1. The van der Waals surface area contributed by atoms with Gasteiger partial charge < -0.3 is 15.5 Å². The summed E-state index contributed by atoms with van der Waals surface area (Å²) in [5.41, 5.74) is 0.114. The Labute approximate surface area is 252 Å². The molecule has 2 heterocycles. The van der Waals surface area contributed by atoms with Gasteiger partial charge in [-0.15, -0.1) is 0 Å². The van der Waals surface area contributed by atoms with Crippen molar-refractivity contribution < 1.29 is 18.8 Å². The second-order valence-electron chi connectivity index (χ2n) is 15.1. The number of benzene rings is 1. The maximum Gasteiger partial charge on any atom is 0.226 e. The number of fused-ring (bicyclic) bond motifs is 3. The summed E-state index contributed by atoms with van der Waals surface area (Å²) in [5, 5.41) is 6.50. The molecule has 3 aliphatic carbocycles. The predicted molar refractivity (Wildman–Crippen MR) is 163 cm³/mol. The highest BCUT2D eigenvalue weighted by atomic mass is 19.1. The van der Waals surface area contributed by atoms with Crippen LogP contribution in [0.5, 0.6) is 0 Å². The van der Waals surface area contributed by atoms with Gasteiger partial charge in [-0.3, -0.25) is 14.4 Å². The van der Waals surface area contributed by atoms with Crippen molar-refractivity contribution in [2.24, 2.45) is 29.1 Å². The number of piperidine rings is 2. The first-order chi connectivity index (χ1) is 19.9. The molecule has 42 heavy (non-hydrogen) atoms. The number of hydrogen-bond donors (Lipinski definition) is 2. The van der Waals surface area contributed by atoms with Crippen LogP contribution in [0.1, 0.15) is 103 Å². The minimum absolute atomic E-state index is 0.0198. The maximum atomic E-state index is 14.2. The van der Waals surface area contributed by atoms with Crippen LogP contribution in [0.15, 0.2) is 24.3 Å². The summed E-state index contributed by atoms with van der Waals surface area (Å²) < 4.78 is 13.7. The van der Waals surface area contributed by atoms with Crippen molar-refractivity contribution in [3.8, 4) is 0 Å². The van der Waals surface area contributed by atoms with Crippen LogP contribution in [0.4, 0.5) is 4.39 Å². The topological polar surface area (TPSA) is 78.5 Å². The number of amides is 2. The molecule has 7 heteroatoms. The summed E-state index contributed by atoms with van der Waals surface area (Å²) in [6.45, 7) is 7.15. The van der Waals surface area contributed by atoms with Crippen LogP contribution in [0.3, 0.4) is 0 Å². The van der Waals surface area contributed by atoms with E-state index in [1.165, 1.54) is 37.8 Å². The molecule has 0 aromatic heterocycles. The standard InChI is InChI=1S/C35H52FN3O3/c1-34(2,3)38-33(42)35(26-8-6-5-7-9-26)18-16-25(17-19-35)31(40)29(21-23-10-13-27(36)14-11-23)37-32(41)28-20-24-12-15-30(28)39(4)22-24/h10-11,13-14,24-26,28-30H,5-9,12,15-22H2,1-4H3,(H,37,41)(H,38,42)/t24-,25?,28?,29-,30+,35?/m1/s1. The quantitative estimate of drug-likeness (QED) is 0.405. The Bertz CT molecular complexity index is 1120. The van der Waals surface area contributed by atoms with E-state index in [0.717, 1.165) is 37.8 Å². The molecule has 2 saturated heterocycles. The van der Waals surface area contributed by atoms with Crippen molar-refractivity contribution >= 4 is 17.6 Å². The minimum atomic E-state index is -0.649. The molecule has 2 amide bonds. The van der Waals surface area contributed by atoms with Gasteiger partial charge in [0.2, 0.25) is 11.8 Å². The van der Waals surface area contributed by atoms with Crippen LogP contribution >= 0.6 is 0 Å². The Hall–Kier alpha value is -2.28. The molecule has 6 nitrogen and oxygen atoms in total. The molecule has 232 valence electrons. The fourth-order valence-corrected chi connectivity index (χ4v) is 8.76. The van der Waals surface area contributed by atoms with Crippen molar-refractivity contribution in [2.75, 3.05) is 13.6 Å². The molecule has 2 aliphatic heterocycles. The third-order valence-electron chi connectivity index (χ3n) is 11.0. The number of carbonyl (C=O) groups is 3. The molecule has 1 aromatic carbocycles. The molecule has 1 unspecified atom stereocenters. The van der Waals surface area contributed by atoms with Gasteiger partial charge in [-0.05, 0) is 122 Å². The molecule has 0 radical (unpaired) electrons. The minimum Gasteiger partial charge on any atom is -0.351 e. The lowest BCUT2D eigenvalue weighted by Gasteiger charge is -2.48. The van der Waals surface area contributed by atoms with Gasteiger partial charge in [0.25, 0.3) is 0 Å². The molecule has 6 rings (SSSR count). The molecule has 2 N–H and O–H groups in total. The Morgan fingerprint density at radius 2 is 1.64 bits per heavy atom. The zero-order chi connectivity index (χ0) is 30.1. The highest BCUT2D eigenvalue weighted by Gasteiger charge is 2.50. The first kappa shape index (κ1) is 31.2. The van der Waals surface area contributed by atoms with Gasteiger partial charge >= 0.3 is 0 Å². The molecule has 4 atom stereocenters. The van der Waals surface area contributed by atoms with Crippen molar-refractivity contribution in [3.05, 3.63) is 35.6 Å². The second kappa shape index (κ2) is 12.8. The monoisotopic (exact) mass is 581 g/mol. The van der Waals surface area contributed by atoms with E-state index in [2.05, 4.69) is 22.6 Å². The highest BCUT2D eigenvalue weighted by Crippen LogP contribution is 2.50. The summed E-state index contributed by atoms with van der Waals surface area (Å²) in [6, 6.07) is 5.84. The lowest BCUT2D eigenvalue weighted by molar-refractivity contribution is -0.143. The normalized spacial score (nSPS) is 31.4. The summed E-state index contributed by atoms with van der Waals surface area (Å²) in [5.74, 6) is 0.486. The van der Waals surface area contributed by atoms with Crippen LogP contribution in [0, 0.1) is 34.9 Å². The van der Waals surface area contributed by atoms with Gasteiger partial charge in [0, 0.05) is 24.0 Å². The number of ketones is 1. The summed E-state index contributed by atoms with van der Waals surface area (Å²) in [7, 11) is 2.10. The first-order valence-corrected chi connectivity index (χ1v) is 16.6. The lowest BCUT2D eigenvalue weighted by atomic mass is 9.58. The number of carbonyl (C=O) groups excluding carboxylic acids is 3. The zero-order valence-electron chi connectivity index (χ0n) is 26.2. The van der Waals surface area contributed by atoms with Gasteiger partial charge in [-0.2, -0.15) is 0 Å². The van der Waals surface area contributed by atoms with Crippen LogP contribution in [0.2, 0.25) is 0 Å². The van der Waals surface area contributed by atoms with E-state index >= 15 is 0 Å². The Balaban J connectivity index is 1.32. The van der Waals surface area contributed by atoms with E-state index in [9.17, 15) is 18.8 Å². The fraction of sp³-hybridized carbons (Fsp3) is 0.743. The van der Waals surface area contributed by atoms with Gasteiger partial charge in [0.1, 0.15) is 5.82 Å². The molecular formula is C35H52FN3O3. The molecule has 5 aliphatic rings. The van der Waals surface area contributed by atoms with Crippen LogP contribution in [-0.2, 0) is 20.8 Å². The van der Waals surface area contributed by atoms with E-state index < -0.39 is 11.5 Å². The number of Topliss-reactive ketones (excluding diaryl/α,β-unsaturated/α-hetero) is 1.